The number of phenolic OH excluding ortho intramolecular Hbond substituents is 1. The lowest BCUT2D eigenvalue weighted by Gasteiger charge is -2.27. The molecule has 0 saturated carbocycles. The number of fused-ring (bicyclic) bond motifs is 1. The summed E-state index contributed by atoms with van der Waals surface area (Å²) in [5, 5.41) is 14.9. The van der Waals surface area contributed by atoms with Gasteiger partial charge in [-0.1, -0.05) is 61.5 Å². The Morgan fingerprint density at radius 3 is 2.35 bits per heavy atom. The van der Waals surface area contributed by atoms with Crippen molar-refractivity contribution in [2.24, 2.45) is 0 Å². The number of pyridine rings is 1. The number of hydrogen-bond acceptors (Lipinski definition) is 7. The van der Waals surface area contributed by atoms with Crippen LogP contribution in [-0.4, -0.2) is 64.4 Å². The fourth-order valence-electron chi connectivity index (χ4n) is 5.61. The van der Waals surface area contributed by atoms with Crippen molar-refractivity contribution in [1.82, 2.24) is 15.2 Å². The third-order valence-corrected chi connectivity index (χ3v) is 7.94. The zero-order valence-electron chi connectivity index (χ0n) is 28.9. The van der Waals surface area contributed by atoms with E-state index in [2.05, 4.69) is 10.3 Å². The zero-order valence-corrected chi connectivity index (χ0v) is 28.9. The Morgan fingerprint density at radius 2 is 1.69 bits per heavy atom. The van der Waals surface area contributed by atoms with Crippen LogP contribution in [0.2, 0.25) is 0 Å². The smallest absolute Gasteiger partial charge is 0.416 e. The summed E-state index contributed by atoms with van der Waals surface area (Å²) >= 11 is 0. The van der Waals surface area contributed by atoms with E-state index in [1.165, 1.54) is 9.80 Å². The second-order valence-corrected chi connectivity index (χ2v) is 13.1. The summed E-state index contributed by atoms with van der Waals surface area (Å²) in [4.78, 5) is 58.5. The Kier molecular flexibility index (Phi) is 12.5. The highest BCUT2D eigenvalue weighted by Gasteiger charge is 2.25. The SMILES string of the molecule is CCCN(CC(=O)NC(CC=O)c1ccc(-c2ccc(O)c3ccccc23)cc1)C(=O)CCCN(C(=O)OC(C)(C)C)c1cc(C)ccn1. The number of aryl methyl sites for hydroxylation is 1. The van der Waals surface area contributed by atoms with Crippen molar-refractivity contribution in [3.63, 3.8) is 0 Å². The average Bonchev–Trinajstić information content (AvgIpc) is 3.06. The number of benzene rings is 3. The largest absolute Gasteiger partial charge is 0.507 e. The van der Waals surface area contributed by atoms with E-state index in [1.807, 2.05) is 74.5 Å². The average molecular weight is 667 g/mol. The van der Waals surface area contributed by atoms with Crippen LogP contribution in [0.5, 0.6) is 5.75 Å². The number of amides is 3. The van der Waals surface area contributed by atoms with Crippen molar-refractivity contribution in [3.05, 3.63) is 90.1 Å². The molecule has 3 amide bonds. The number of nitrogens with zero attached hydrogens (tertiary/aromatic N) is 3. The van der Waals surface area contributed by atoms with Crippen LogP contribution >= 0.6 is 0 Å². The maximum atomic E-state index is 13.3. The number of nitrogens with one attached hydrogen (secondary N) is 1. The number of phenols is 1. The molecular weight excluding hydrogens is 620 g/mol. The second kappa shape index (κ2) is 16.7. The molecule has 0 fully saturated rings. The van der Waals surface area contributed by atoms with Gasteiger partial charge in [-0.05, 0) is 86.4 Å². The molecule has 0 spiro atoms. The molecule has 1 heterocycles. The van der Waals surface area contributed by atoms with Gasteiger partial charge in [0.1, 0.15) is 23.5 Å². The molecule has 1 aromatic heterocycles. The summed E-state index contributed by atoms with van der Waals surface area (Å²) in [5.74, 6) is 0.0668. The molecule has 0 aliphatic carbocycles. The molecule has 0 aliphatic heterocycles. The van der Waals surface area contributed by atoms with Gasteiger partial charge < -0.3 is 24.9 Å². The summed E-state index contributed by atoms with van der Waals surface area (Å²) in [6.45, 7) is 9.64. The lowest BCUT2D eigenvalue weighted by Crippen LogP contribution is -2.42. The van der Waals surface area contributed by atoms with Gasteiger partial charge in [-0.15, -0.1) is 0 Å². The van der Waals surface area contributed by atoms with E-state index < -0.39 is 17.7 Å². The number of anilines is 1. The maximum absolute atomic E-state index is 13.3. The van der Waals surface area contributed by atoms with E-state index in [0.29, 0.717) is 25.2 Å². The highest BCUT2D eigenvalue weighted by Crippen LogP contribution is 2.34. The van der Waals surface area contributed by atoms with E-state index >= 15 is 0 Å². The Labute approximate surface area is 288 Å². The molecule has 0 radical (unpaired) electrons. The molecule has 4 aromatic rings. The van der Waals surface area contributed by atoms with Gasteiger partial charge in [0.25, 0.3) is 0 Å². The van der Waals surface area contributed by atoms with Crippen molar-refractivity contribution in [2.45, 2.75) is 71.9 Å². The summed E-state index contributed by atoms with van der Waals surface area (Å²) in [6, 6.07) is 21.8. The monoisotopic (exact) mass is 666 g/mol. The van der Waals surface area contributed by atoms with Crippen molar-refractivity contribution in [3.8, 4) is 16.9 Å². The van der Waals surface area contributed by atoms with Crippen LogP contribution in [0, 0.1) is 6.92 Å². The lowest BCUT2D eigenvalue weighted by molar-refractivity contribution is -0.136. The molecule has 1 unspecified atom stereocenters. The van der Waals surface area contributed by atoms with Gasteiger partial charge in [0.05, 0.1) is 12.6 Å². The van der Waals surface area contributed by atoms with Crippen molar-refractivity contribution in [1.29, 1.82) is 0 Å². The molecule has 2 N–H and O–H groups in total. The third-order valence-electron chi connectivity index (χ3n) is 7.94. The van der Waals surface area contributed by atoms with Gasteiger partial charge in [-0.25, -0.2) is 9.78 Å². The Hall–Kier alpha value is -5.25. The summed E-state index contributed by atoms with van der Waals surface area (Å²) in [7, 11) is 0. The highest BCUT2D eigenvalue weighted by atomic mass is 16.6. The van der Waals surface area contributed by atoms with E-state index in [0.717, 1.165) is 39.3 Å². The second-order valence-electron chi connectivity index (χ2n) is 13.1. The summed E-state index contributed by atoms with van der Waals surface area (Å²) in [6.07, 6.45) is 3.02. The van der Waals surface area contributed by atoms with Crippen molar-refractivity contribution in [2.75, 3.05) is 24.5 Å². The van der Waals surface area contributed by atoms with E-state index in [-0.39, 0.29) is 43.5 Å². The molecule has 10 heteroatoms. The quantitative estimate of drug-likeness (QED) is 0.137. The number of aldehydes is 1. The molecule has 1 atom stereocenters. The van der Waals surface area contributed by atoms with Gasteiger partial charge in [-0.2, -0.15) is 0 Å². The Bertz CT molecular complexity index is 1770. The van der Waals surface area contributed by atoms with E-state index in [9.17, 15) is 24.3 Å². The predicted octanol–water partition coefficient (Wildman–Crippen LogP) is 7.12. The van der Waals surface area contributed by atoms with Gasteiger partial charge in [-0.3, -0.25) is 14.5 Å². The summed E-state index contributed by atoms with van der Waals surface area (Å²) in [5.41, 5.74) is 2.87. The van der Waals surface area contributed by atoms with Crippen LogP contribution in [0.4, 0.5) is 10.6 Å². The van der Waals surface area contributed by atoms with Crippen LogP contribution in [-0.2, 0) is 19.1 Å². The van der Waals surface area contributed by atoms with E-state index in [4.69, 9.17) is 4.74 Å². The van der Waals surface area contributed by atoms with Crippen LogP contribution in [0.25, 0.3) is 21.9 Å². The van der Waals surface area contributed by atoms with Gasteiger partial charge in [0, 0.05) is 37.5 Å². The maximum Gasteiger partial charge on any atom is 0.416 e. The first-order chi connectivity index (χ1) is 23.4. The fraction of sp³-hybridized carbons (Fsp3) is 0.359. The highest BCUT2D eigenvalue weighted by molar-refractivity contribution is 6.00. The number of carbonyl (C=O) groups excluding carboxylic acids is 4. The third kappa shape index (κ3) is 10.1. The van der Waals surface area contributed by atoms with Gasteiger partial charge in [0.2, 0.25) is 11.8 Å². The fourth-order valence-corrected chi connectivity index (χ4v) is 5.61. The topological polar surface area (TPSA) is 129 Å². The molecular formula is C39H46N4O6. The first-order valence-corrected chi connectivity index (χ1v) is 16.6. The molecule has 10 nitrogen and oxygen atoms in total. The molecule has 0 aliphatic rings. The first-order valence-electron chi connectivity index (χ1n) is 16.6. The standard InChI is InChI=1S/C39H46N4O6/c1-6-22-42(37(47)12-9-23-43(38(48)49-39(3,4)5)35-25-27(2)19-21-40-35)26-36(46)41-33(20-24-44)29-15-13-28(14-16-29)30-17-18-34(45)32-11-8-7-10-31(30)32/h7-8,10-11,13-19,21,24-25,33,45H,6,9,12,20,22-23,26H2,1-5H3,(H,41,46). The van der Waals surface area contributed by atoms with Gasteiger partial charge in [0.15, 0.2) is 0 Å². The molecule has 3 aromatic carbocycles. The van der Waals surface area contributed by atoms with Crippen LogP contribution < -0.4 is 10.2 Å². The number of aromatic hydroxyl groups is 1. The molecule has 258 valence electrons. The number of rotatable bonds is 14. The van der Waals surface area contributed by atoms with Crippen LogP contribution in [0.3, 0.4) is 0 Å². The Morgan fingerprint density at radius 1 is 0.980 bits per heavy atom. The lowest BCUT2D eigenvalue weighted by atomic mass is 9.95. The minimum Gasteiger partial charge on any atom is -0.507 e. The minimum atomic E-state index is -0.703. The zero-order chi connectivity index (χ0) is 35.6. The van der Waals surface area contributed by atoms with E-state index in [1.54, 1.807) is 39.1 Å². The number of aromatic nitrogens is 1. The summed E-state index contributed by atoms with van der Waals surface area (Å²) < 4.78 is 5.60. The molecule has 0 saturated heterocycles. The minimum absolute atomic E-state index is 0.0719. The number of ether oxygens (including phenoxy) is 1. The predicted molar refractivity (Wildman–Crippen MR) is 191 cm³/mol. The van der Waals surface area contributed by atoms with Crippen molar-refractivity contribution >= 4 is 40.8 Å². The molecule has 49 heavy (non-hydrogen) atoms. The number of hydrogen-bond donors (Lipinski definition) is 2. The first kappa shape index (κ1) is 36.6. The van der Waals surface area contributed by atoms with Crippen LogP contribution in [0.1, 0.15) is 70.5 Å². The van der Waals surface area contributed by atoms with Crippen LogP contribution in [0.15, 0.2) is 79.0 Å². The Balaban J connectivity index is 1.40. The normalized spacial score (nSPS) is 11.9. The van der Waals surface area contributed by atoms with Gasteiger partial charge >= 0.3 is 6.09 Å². The molecule has 4 rings (SSSR count). The number of carbonyl (C=O) groups is 4. The van der Waals surface area contributed by atoms with Crippen molar-refractivity contribution < 1.29 is 29.0 Å². The molecule has 0 bridgehead atoms.